The molecule has 1 N–H and O–H groups in total. The number of unbranched alkanes of at least 4 members (excludes halogenated alkanes) is 10. The Hall–Kier alpha value is -0.820. The van der Waals surface area contributed by atoms with E-state index in [0.29, 0.717) is 0 Å². The first-order valence-electron chi connectivity index (χ1n) is 10.2. The lowest BCUT2D eigenvalue weighted by Crippen LogP contribution is -2.16. The summed E-state index contributed by atoms with van der Waals surface area (Å²) < 4.78 is 0. The molecule has 0 aromatic heterocycles. The smallest absolute Gasteiger partial charge is 0.00488 e. The third kappa shape index (κ3) is 13.3. The SMILES string of the molecule is CCCCCCCCCCCCNCCCCc1ccccc1. The normalized spacial score (nSPS) is 11.0. The molecular weight excluding hydrogens is 278 g/mol. The zero-order valence-corrected chi connectivity index (χ0v) is 15.5. The van der Waals surface area contributed by atoms with Crippen LogP contribution in [0.15, 0.2) is 30.3 Å². The van der Waals surface area contributed by atoms with Crippen LogP contribution >= 0.6 is 0 Å². The van der Waals surface area contributed by atoms with Crippen molar-refractivity contribution >= 4 is 0 Å². The lowest BCUT2D eigenvalue weighted by molar-refractivity contribution is 0.538. The van der Waals surface area contributed by atoms with E-state index >= 15 is 0 Å². The molecule has 0 amide bonds. The Labute approximate surface area is 145 Å². The highest BCUT2D eigenvalue weighted by Gasteiger charge is 1.94. The Bertz CT molecular complexity index is 333. The van der Waals surface area contributed by atoms with Crippen LogP contribution in [-0.4, -0.2) is 13.1 Å². The highest BCUT2D eigenvalue weighted by Crippen LogP contribution is 2.10. The third-order valence-corrected chi connectivity index (χ3v) is 4.62. The van der Waals surface area contributed by atoms with Gasteiger partial charge >= 0.3 is 0 Å². The van der Waals surface area contributed by atoms with Crippen LogP contribution in [0.3, 0.4) is 0 Å². The predicted molar refractivity (Wildman–Crippen MR) is 104 cm³/mol. The summed E-state index contributed by atoms with van der Waals surface area (Å²) in [6, 6.07) is 10.8. The van der Waals surface area contributed by atoms with Gasteiger partial charge in [-0.05, 0) is 44.3 Å². The largest absolute Gasteiger partial charge is 0.317 e. The quantitative estimate of drug-likeness (QED) is 0.342. The summed E-state index contributed by atoms with van der Waals surface area (Å²) in [6.07, 6.45) is 18.1. The fraction of sp³-hybridized carbons (Fsp3) is 0.727. The summed E-state index contributed by atoms with van der Waals surface area (Å²) in [4.78, 5) is 0. The number of rotatable bonds is 16. The first-order valence-corrected chi connectivity index (χ1v) is 10.2. The van der Waals surface area contributed by atoms with Crippen LogP contribution < -0.4 is 5.32 Å². The van der Waals surface area contributed by atoms with Gasteiger partial charge in [0, 0.05) is 0 Å². The summed E-state index contributed by atoms with van der Waals surface area (Å²) in [6.45, 7) is 4.68. The van der Waals surface area contributed by atoms with Gasteiger partial charge in [-0.2, -0.15) is 0 Å². The topological polar surface area (TPSA) is 12.0 Å². The minimum absolute atomic E-state index is 1.18. The van der Waals surface area contributed by atoms with Crippen LogP contribution in [0.1, 0.15) is 89.5 Å². The van der Waals surface area contributed by atoms with Crippen molar-refractivity contribution in [3.05, 3.63) is 35.9 Å². The molecule has 1 heteroatoms. The van der Waals surface area contributed by atoms with Crippen molar-refractivity contribution in [3.63, 3.8) is 0 Å². The van der Waals surface area contributed by atoms with Gasteiger partial charge in [-0.1, -0.05) is 95.0 Å². The molecule has 0 spiro atoms. The van der Waals surface area contributed by atoms with Crippen LogP contribution in [0.5, 0.6) is 0 Å². The summed E-state index contributed by atoms with van der Waals surface area (Å²) in [5, 5.41) is 3.60. The van der Waals surface area contributed by atoms with Gasteiger partial charge in [0.15, 0.2) is 0 Å². The molecule has 0 bridgehead atoms. The Morgan fingerprint density at radius 3 is 1.74 bits per heavy atom. The fourth-order valence-electron chi connectivity index (χ4n) is 3.09. The van der Waals surface area contributed by atoms with E-state index in [-0.39, 0.29) is 0 Å². The van der Waals surface area contributed by atoms with Crippen molar-refractivity contribution in [3.8, 4) is 0 Å². The van der Waals surface area contributed by atoms with Gasteiger partial charge in [-0.15, -0.1) is 0 Å². The van der Waals surface area contributed by atoms with Crippen LogP contribution in [0.2, 0.25) is 0 Å². The summed E-state index contributed by atoms with van der Waals surface area (Å²) >= 11 is 0. The molecule has 1 aromatic rings. The van der Waals surface area contributed by atoms with Gasteiger partial charge in [-0.3, -0.25) is 0 Å². The van der Waals surface area contributed by atoms with E-state index in [4.69, 9.17) is 0 Å². The molecule has 0 saturated carbocycles. The fourth-order valence-corrected chi connectivity index (χ4v) is 3.09. The van der Waals surface area contributed by atoms with Crippen molar-refractivity contribution in [1.29, 1.82) is 0 Å². The minimum atomic E-state index is 1.18. The minimum Gasteiger partial charge on any atom is -0.317 e. The number of aryl methyl sites for hydroxylation is 1. The second kappa shape index (κ2) is 16.1. The maximum Gasteiger partial charge on any atom is -0.00488 e. The van der Waals surface area contributed by atoms with Gasteiger partial charge in [0.25, 0.3) is 0 Å². The van der Waals surface area contributed by atoms with Crippen LogP contribution in [0.4, 0.5) is 0 Å². The van der Waals surface area contributed by atoms with E-state index in [2.05, 4.69) is 42.6 Å². The van der Waals surface area contributed by atoms with Crippen molar-refractivity contribution in [1.82, 2.24) is 5.32 Å². The first-order chi connectivity index (χ1) is 11.4. The summed E-state index contributed by atoms with van der Waals surface area (Å²) in [5.41, 5.74) is 1.47. The molecular formula is C22H39N. The number of hydrogen-bond donors (Lipinski definition) is 1. The Morgan fingerprint density at radius 2 is 1.13 bits per heavy atom. The number of hydrogen-bond acceptors (Lipinski definition) is 1. The molecule has 1 nitrogen and oxygen atoms in total. The van der Waals surface area contributed by atoms with Crippen LogP contribution in [0.25, 0.3) is 0 Å². The van der Waals surface area contributed by atoms with Crippen molar-refractivity contribution in [2.24, 2.45) is 0 Å². The summed E-state index contributed by atoms with van der Waals surface area (Å²) in [7, 11) is 0. The molecule has 0 fully saturated rings. The second-order valence-electron chi connectivity index (χ2n) is 6.87. The van der Waals surface area contributed by atoms with E-state index in [1.807, 2.05) is 0 Å². The molecule has 0 heterocycles. The highest BCUT2D eigenvalue weighted by molar-refractivity contribution is 5.14. The van der Waals surface area contributed by atoms with Crippen LogP contribution in [-0.2, 0) is 6.42 Å². The Kier molecular flexibility index (Phi) is 14.1. The van der Waals surface area contributed by atoms with E-state index in [1.165, 1.54) is 102 Å². The van der Waals surface area contributed by atoms with Crippen molar-refractivity contribution in [2.75, 3.05) is 13.1 Å². The molecule has 1 rings (SSSR count). The maximum atomic E-state index is 3.60. The summed E-state index contributed by atoms with van der Waals surface area (Å²) in [5.74, 6) is 0. The zero-order chi connectivity index (χ0) is 16.4. The monoisotopic (exact) mass is 317 g/mol. The lowest BCUT2D eigenvalue weighted by atomic mass is 10.1. The highest BCUT2D eigenvalue weighted by atomic mass is 14.8. The molecule has 0 atom stereocenters. The van der Waals surface area contributed by atoms with E-state index in [9.17, 15) is 0 Å². The molecule has 0 radical (unpaired) electrons. The first kappa shape index (κ1) is 20.2. The molecule has 0 saturated heterocycles. The Balaban J connectivity index is 1.72. The van der Waals surface area contributed by atoms with Crippen molar-refractivity contribution in [2.45, 2.75) is 90.4 Å². The lowest BCUT2D eigenvalue weighted by Gasteiger charge is -2.05. The van der Waals surface area contributed by atoms with Gasteiger partial charge in [0.05, 0.1) is 0 Å². The molecule has 1 aromatic carbocycles. The number of benzene rings is 1. The van der Waals surface area contributed by atoms with Gasteiger partial charge in [0.2, 0.25) is 0 Å². The standard InChI is InChI=1S/C22H39N/c1-2-3-4-5-6-7-8-9-10-15-20-23-21-16-14-19-22-17-12-11-13-18-22/h11-13,17-18,23H,2-10,14-16,19-21H2,1H3. The molecule has 0 aliphatic heterocycles. The van der Waals surface area contributed by atoms with Crippen LogP contribution in [0, 0.1) is 0 Å². The average Bonchev–Trinajstić information content (AvgIpc) is 2.59. The molecule has 23 heavy (non-hydrogen) atoms. The molecule has 0 aliphatic rings. The van der Waals surface area contributed by atoms with E-state index in [0.717, 1.165) is 0 Å². The predicted octanol–water partition coefficient (Wildman–Crippen LogP) is 6.52. The van der Waals surface area contributed by atoms with Crippen molar-refractivity contribution < 1.29 is 0 Å². The third-order valence-electron chi connectivity index (χ3n) is 4.62. The molecule has 0 aliphatic carbocycles. The number of nitrogens with one attached hydrogen (secondary N) is 1. The van der Waals surface area contributed by atoms with Gasteiger partial charge in [-0.25, -0.2) is 0 Å². The Morgan fingerprint density at radius 1 is 0.609 bits per heavy atom. The van der Waals surface area contributed by atoms with E-state index < -0.39 is 0 Å². The average molecular weight is 318 g/mol. The second-order valence-corrected chi connectivity index (χ2v) is 6.87. The van der Waals surface area contributed by atoms with E-state index in [1.54, 1.807) is 0 Å². The van der Waals surface area contributed by atoms with Gasteiger partial charge < -0.3 is 5.32 Å². The zero-order valence-electron chi connectivity index (χ0n) is 15.5. The maximum absolute atomic E-state index is 3.60. The van der Waals surface area contributed by atoms with Gasteiger partial charge in [0.1, 0.15) is 0 Å². The molecule has 132 valence electrons. The molecule has 0 unspecified atom stereocenters.